The lowest BCUT2D eigenvalue weighted by atomic mass is 10.1. The molecule has 4 aromatic rings. The van der Waals surface area contributed by atoms with Crippen molar-refractivity contribution in [2.24, 2.45) is 0 Å². The van der Waals surface area contributed by atoms with E-state index in [4.69, 9.17) is 9.97 Å². The van der Waals surface area contributed by atoms with Gasteiger partial charge in [0.15, 0.2) is 12.4 Å². The van der Waals surface area contributed by atoms with Crippen LogP contribution in [0.25, 0.3) is 52.1 Å². The Morgan fingerprint density at radius 3 is 2.03 bits per heavy atom. The van der Waals surface area contributed by atoms with E-state index in [1.807, 2.05) is 30.4 Å². The number of hydrogen-bond acceptors (Lipinski definition) is 2. The molecule has 0 amide bonds. The number of aryl methyl sites for hydroxylation is 1. The smallest absolute Gasteiger partial charge is 0.236 e. The van der Waals surface area contributed by atoms with Gasteiger partial charge in [-0.25, -0.2) is 9.97 Å². The van der Waals surface area contributed by atoms with Crippen molar-refractivity contribution in [2.45, 2.75) is 26.2 Å². The minimum Gasteiger partial charge on any atom is -0.355 e. The van der Waals surface area contributed by atoms with Gasteiger partial charge in [0.2, 0.25) is 5.69 Å². The molecule has 0 unspecified atom stereocenters. The van der Waals surface area contributed by atoms with Crippen molar-refractivity contribution in [3.05, 3.63) is 95.3 Å². The SMILES string of the molecule is CCCCc1cc[n+](-c2cc3cc4ccc(cc5nc(cc6nc(cc2[nH]3)C=C6)C=C5)[nH]4)cc1. The first-order valence-electron chi connectivity index (χ1n) is 11.8. The molecule has 0 radical (unpaired) electrons. The number of pyridine rings is 1. The van der Waals surface area contributed by atoms with Crippen molar-refractivity contribution in [1.82, 2.24) is 19.9 Å². The highest BCUT2D eigenvalue weighted by Crippen LogP contribution is 2.20. The van der Waals surface area contributed by atoms with Crippen LogP contribution in [0, 0.1) is 0 Å². The molecule has 34 heavy (non-hydrogen) atoms. The minimum atomic E-state index is 0.901. The molecular weight excluding hydrogens is 418 g/mol. The van der Waals surface area contributed by atoms with E-state index in [9.17, 15) is 0 Å². The summed E-state index contributed by atoms with van der Waals surface area (Å²) >= 11 is 0. The Balaban J connectivity index is 1.56. The molecule has 6 rings (SSSR count). The molecule has 0 atom stereocenters. The second-order valence-electron chi connectivity index (χ2n) is 8.78. The molecule has 6 heterocycles. The van der Waals surface area contributed by atoms with Crippen molar-refractivity contribution in [3.63, 3.8) is 0 Å². The number of H-pyrrole nitrogens is 2. The normalized spacial score (nSPS) is 12.4. The Kier molecular flexibility index (Phi) is 5.15. The maximum absolute atomic E-state index is 4.79. The zero-order valence-electron chi connectivity index (χ0n) is 19.1. The van der Waals surface area contributed by atoms with Gasteiger partial charge in [-0.1, -0.05) is 13.3 Å². The predicted molar refractivity (Wildman–Crippen MR) is 139 cm³/mol. The summed E-state index contributed by atoms with van der Waals surface area (Å²) in [6, 6.07) is 19.1. The van der Waals surface area contributed by atoms with Crippen LogP contribution in [0.3, 0.4) is 0 Å². The zero-order valence-corrected chi connectivity index (χ0v) is 19.1. The Morgan fingerprint density at radius 1 is 0.676 bits per heavy atom. The summed E-state index contributed by atoms with van der Waals surface area (Å²) in [5.74, 6) is 0. The standard InChI is InChI=1S/C29H26N5/c1-2-3-4-20-11-13-34(14-12-20)29-19-27-17-25-8-7-23(31-25)15-21-5-6-22(30-21)16-24-9-10-26(32-24)18-28(29)33-27/h5-19,31,33H,2-4H2,1H3/q+1. The largest absolute Gasteiger partial charge is 0.355 e. The third-order valence-corrected chi connectivity index (χ3v) is 6.14. The van der Waals surface area contributed by atoms with Crippen molar-refractivity contribution < 1.29 is 4.57 Å². The second kappa shape index (κ2) is 8.60. The summed E-state index contributed by atoms with van der Waals surface area (Å²) in [6.07, 6.45) is 16.0. The molecule has 0 spiro atoms. The van der Waals surface area contributed by atoms with Crippen LogP contribution in [0.15, 0.2) is 67.0 Å². The molecule has 0 aromatic carbocycles. The van der Waals surface area contributed by atoms with Crippen LogP contribution in [0.4, 0.5) is 0 Å². The van der Waals surface area contributed by atoms with Gasteiger partial charge in [0.25, 0.3) is 0 Å². The fraction of sp³-hybridized carbons (Fsp3) is 0.138. The average molecular weight is 445 g/mol. The van der Waals surface area contributed by atoms with E-state index in [1.54, 1.807) is 0 Å². The summed E-state index contributed by atoms with van der Waals surface area (Å²) in [5.41, 5.74) is 10.2. The lowest BCUT2D eigenvalue weighted by Gasteiger charge is -1.98. The quantitative estimate of drug-likeness (QED) is 0.315. The number of unbranched alkanes of at least 4 members (excludes halogenated alkanes) is 1. The highest BCUT2D eigenvalue weighted by Gasteiger charge is 2.13. The number of fused-ring (bicyclic) bond motifs is 8. The first-order chi connectivity index (χ1) is 16.7. The summed E-state index contributed by atoms with van der Waals surface area (Å²) in [4.78, 5) is 16.5. The van der Waals surface area contributed by atoms with Crippen LogP contribution in [0.5, 0.6) is 0 Å². The van der Waals surface area contributed by atoms with Crippen LogP contribution >= 0.6 is 0 Å². The number of rotatable bonds is 4. The zero-order chi connectivity index (χ0) is 22.9. The van der Waals surface area contributed by atoms with Crippen LogP contribution in [-0.2, 0) is 6.42 Å². The number of aromatic nitrogens is 5. The molecule has 2 aliphatic heterocycles. The molecule has 0 aliphatic carbocycles. The molecule has 0 fully saturated rings. The Labute approximate surface area is 198 Å². The van der Waals surface area contributed by atoms with E-state index in [0.717, 1.165) is 57.0 Å². The second-order valence-corrected chi connectivity index (χ2v) is 8.78. The van der Waals surface area contributed by atoms with Gasteiger partial charge in [-0.3, -0.25) is 0 Å². The molecule has 0 saturated carbocycles. The predicted octanol–water partition coefficient (Wildman–Crippen LogP) is 6.27. The highest BCUT2D eigenvalue weighted by molar-refractivity contribution is 5.79. The van der Waals surface area contributed by atoms with Crippen LogP contribution in [0.1, 0.15) is 48.1 Å². The maximum Gasteiger partial charge on any atom is 0.236 e. The highest BCUT2D eigenvalue weighted by atomic mass is 15.0. The fourth-order valence-electron chi connectivity index (χ4n) is 4.38. The van der Waals surface area contributed by atoms with E-state index in [1.165, 1.54) is 18.4 Å². The van der Waals surface area contributed by atoms with E-state index in [-0.39, 0.29) is 0 Å². The number of nitrogens with one attached hydrogen (secondary N) is 2. The molecule has 8 bridgehead atoms. The topological polar surface area (TPSA) is 61.2 Å². The maximum atomic E-state index is 4.79. The average Bonchev–Trinajstić information content (AvgIpc) is 3.63. The van der Waals surface area contributed by atoms with Gasteiger partial charge < -0.3 is 9.97 Å². The Bertz CT molecular complexity index is 1580. The molecule has 0 saturated heterocycles. The van der Waals surface area contributed by atoms with Crippen molar-refractivity contribution >= 4 is 46.4 Å². The van der Waals surface area contributed by atoms with Gasteiger partial charge in [-0.15, -0.1) is 0 Å². The third kappa shape index (κ3) is 4.20. The number of nitrogens with zero attached hydrogens (tertiary/aromatic N) is 3. The molecule has 5 heteroatoms. The van der Waals surface area contributed by atoms with E-state index < -0.39 is 0 Å². The van der Waals surface area contributed by atoms with Crippen LogP contribution < -0.4 is 4.57 Å². The summed E-state index contributed by atoms with van der Waals surface area (Å²) in [5, 5.41) is 0. The lowest BCUT2D eigenvalue weighted by molar-refractivity contribution is -0.594. The van der Waals surface area contributed by atoms with Gasteiger partial charge in [-0.05, 0) is 79.1 Å². The minimum absolute atomic E-state index is 0.901. The van der Waals surface area contributed by atoms with E-state index in [2.05, 4.69) is 82.4 Å². The van der Waals surface area contributed by atoms with Crippen LogP contribution in [0.2, 0.25) is 0 Å². The van der Waals surface area contributed by atoms with E-state index in [0.29, 0.717) is 0 Å². The Morgan fingerprint density at radius 2 is 1.32 bits per heavy atom. The molecule has 5 nitrogen and oxygen atoms in total. The van der Waals surface area contributed by atoms with Gasteiger partial charge in [0, 0.05) is 34.7 Å². The number of hydrogen-bond donors (Lipinski definition) is 2. The molecule has 166 valence electrons. The third-order valence-electron chi connectivity index (χ3n) is 6.14. The summed E-state index contributed by atoms with van der Waals surface area (Å²) in [6.45, 7) is 2.23. The van der Waals surface area contributed by atoms with Gasteiger partial charge in [-0.2, -0.15) is 4.57 Å². The van der Waals surface area contributed by atoms with Gasteiger partial charge in [0.1, 0.15) is 5.52 Å². The van der Waals surface area contributed by atoms with Crippen molar-refractivity contribution in [1.29, 1.82) is 0 Å². The molecular formula is C29H26N5+. The molecule has 4 aromatic heterocycles. The van der Waals surface area contributed by atoms with Gasteiger partial charge in [0.05, 0.1) is 22.8 Å². The first-order valence-corrected chi connectivity index (χ1v) is 11.8. The Hall–Kier alpha value is -4.25. The lowest BCUT2D eigenvalue weighted by Crippen LogP contribution is -2.29. The number of aromatic amines is 2. The molecule has 2 N–H and O–H groups in total. The van der Waals surface area contributed by atoms with Crippen molar-refractivity contribution in [3.8, 4) is 5.69 Å². The molecule has 2 aliphatic rings. The monoisotopic (exact) mass is 444 g/mol. The first kappa shape index (κ1) is 20.4. The van der Waals surface area contributed by atoms with Gasteiger partial charge >= 0.3 is 0 Å². The van der Waals surface area contributed by atoms with Crippen LogP contribution in [-0.4, -0.2) is 19.9 Å². The van der Waals surface area contributed by atoms with E-state index >= 15 is 0 Å². The summed E-state index contributed by atoms with van der Waals surface area (Å²) in [7, 11) is 0. The summed E-state index contributed by atoms with van der Waals surface area (Å²) < 4.78 is 2.17. The van der Waals surface area contributed by atoms with Crippen molar-refractivity contribution in [2.75, 3.05) is 0 Å². The fourth-order valence-corrected chi connectivity index (χ4v) is 4.38.